The second kappa shape index (κ2) is 10.4. The largest absolute Gasteiger partial charge is 0.490 e. The van der Waals surface area contributed by atoms with E-state index in [0.29, 0.717) is 35.9 Å². The highest BCUT2D eigenvalue weighted by molar-refractivity contribution is 7.91. The van der Waals surface area contributed by atoms with E-state index in [9.17, 15) is 13.2 Å². The first-order valence-electron chi connectivity index (χ1n) is 15.0. The summed E-state index contributed by atoms with van der Waals surface area (Å²) in [4.78, 5) is 28.8. The smallest absolute Gasteiger partial charge is 0.291 e. The Hall–Kier alpha value is -4.85. The average molecular weight is 626 g/mol. The lowest BCUT2D eigenvalue weighted by Crippen LogP contribution is -2.46. The SMILES string of the molecule is CS(=O)(=O)c1c(C2CC3CCC(C2)N3C(=O)c2ncn[nH]2)nc2c(-c3ccc(-c4ccc(OC5CC5)cc4)nc3)cnn2c1N. The molecule has 2 aliphatic heterocycles. The van der Waals surface area contributed by atoms with Crippen LogP contribution >= 0.6 is 0 Å². The van der Waals surface area contributed by atoms with E-state index in [4.69, 9.17) is 20.4 Å². The van der Waals surface area contributed by atoms with Crippen LogP contribution in [0, 0.1) is 0 Å². The van der Waals surface area contributed by atoms with Crippen molar-refractivity contribution in [2.75, 3.05) is 12.0 Å². The summed E-state index contributed by atoms with van der Waals surface area (Å²) in [6, 6.07) is 11.6. The van der Waals surface area contributed by atoms with E-state index in [0.717, 1.165) is 54.5 Å². The van der Waals surface area contributed by atoms with E-state index in [2.05, 4.69) is 20.3 Å². The predicted molar refractivity (Wildman–Crippen MR) is 164 cm³/mol. The number of nitrogens with one attached hydrogen (secondary N) is 1. The van der Waals surface area contributed by atoms with Crippen molar-refractivity contribution >= 4 is 27.2 Å². The molecule has 1 saturated carbocycles. The molecule has 0 spiro atoms. The van der Waals surface area contributed by atoms with Gasteiger partial charge in [0, 0.05) is 47.1 Å². The number of ether oxygens (including phenoxy) is 1. The number of anilines is 1. The molecule has 5 aromatic rings. The molecule has 4 aromatic heterocycles. The molecule has 1 aromatic carbocycles. The van der Waals surface area contributed by atoms with Crippen molar-refractivity contribution in [3.8, 4) is 28.1 Å². The fourth-order valence-corrected chi connectivity index (χ4v) is 7.91. The topological polar surface area (TPSA) is 174 Å². The summed E-state index contributed by atoms with van der Waals surface area (Å²) in [6.45, 7) is 0. The molecule has 1 aliphatic carbocycles. The van der Waals surface area contributed by atoms with Gasteiger partial charge in [0.1, 0.15) is 22.8 Å². The van der Waals surface area contributed by atoms with Crippen LogP contribution in [-0.2, 0) is 9.84 Å². The lowest BCUT2D eigenvalue weighted by molar-refractivity contribution is 0.0556. The van der Waals surface area contributed by atoms with Crippen LogP contribution in [-0.4, -0.2) is 78.4 Å². The lowest BCUT2D eigenvalue weighted by atomic mass is 9.87. The number of nitrogens with two attached hydrogens (primary N) is 1. The van der Waals surface area contributed by atoms with Crippen molar-refractivity contribution in [3.63, 3.8) is 0 Å². The molecule has 6 heterocycles. The number of benzene rings is 1. The Labute approximate surface area is 258 Å². The molecule has 2 bridgehead atoms. The molecular formula is C31H31N9O4S. The van der Waals surface area contributed by atoms with E-state index in [-0.39, 0.29) is 40.4 Å². The second-order valence-electron chi connectivity index (χ2n) is 12.2. The lowest BCUT2D eigenvalue weighted by Gasteiger charge is -2.38. The van der Waals surface area contributed by atoms with E-state index in [1.54, 1.807) is 12.4 Å². The van der Waals surface area contributed by atoms with Crippen LogP contribution in [0.2, 0.25) is 0 Å². The van der Waals surface area contributed by atoms with Gasteiger partial charge < -0.3 is 15.4 Å². The third kappa shape index (κ3) is 4.89. The quantitative estimate of drug-likeness (QED) is 0.272. The minimum atomic E-state index is -3.76. The summed E-state index contributed by atoms with van der Waals surface area (Å²) in [6.07, 6.45) is 11.2. The summed E-state index contributed by atoms with van der Waals surface area (Å²) < 4.78 is 33.5. The average Bonchev–Trinajstić information content (AvgIpc) is 3.38. The number of nitrogen functional groups attached to an aromatic ring is 1. The zero-order valence-electron chi connectivity index (χ0n) is 24.5. The van der Waals surface area contributed by atoms with Crippen LogP contribution in [0.1, 0.15) is 60.8 Å². The van der Waals surface area contributed by atoms with Gasteiger partial charge in [0.05, 0.1) is 23.7 Å². The first-order chi connectivity index (χ1) is 21.7. The summed E-state index contributed by atoms with van der Waals surface area (Å²) >= 11 is 0. The van der Waals surface area contributed by atoms with Crippen molar-refractivity contribution in [3.05, 3.63) is 66.6 Å². The van der Waals surface area contributed by atoms with Gasteiger partial charge >= 0.3 is 0 Å². The van der Waals surface area contributed by atoms with Gasteiger partial charge in [-0.15, -0.1) is 0 Å². The summed E-state index contributed by atoms with van der Waals surface area (Å²) in [7, 11) is -3.76. The summed E-state index contributed by atoms with van der Waals surface area (Å²) in [5, 5.41) is 10.9. The van der Waals surface area contributed by atoms with Crippen LogP contribution in [0.5, 0.6) is 5.75 Å². The molecule has 45 heavy (non-hydrogen) atoms. The van der Waals surface area contributed by atoms with Crippen LogP contribution < -0.4 is 10.5 Å². The van der Waals surface area contributed by atoms with Gasteiger partial charge in [0.25, 0.3) is 5.91 Å². The Bertz CT molecular complexity index is 2010. The van der Waals surface area contributed by atoms with Crippen molar-refractivity contribution < 1.29 is 17.9 Å². The Morgan fingerprint density at radius 1 is 0.978 bits per heavy atom. The predicted octanol–water partition coefficient (Wildman–Crippen LogP) is 3.65. The number of aromatic amines is 1. The van der Waals surface area contributed by atoms with E-state index in [1.165, 1.54) is 10.8 Å². The first-order valence-corrected chi connectivity index (χ1v) is 16.9. The Kier molecular flexibility index (Phi) is 6.37. The molecule has 2 saturated heterocycles. The Morgan fingerprint density at radius 2 is 1.71 bits per heavy atom. The summed E-state index contributed by atoms with van der Waals surface area (Å²) in [5.41, 5.74) is 10.7. The minimum Gasteiger partial charge on any atom is -0.490 e. The number of H-pyrrole nitrogens is 1. The molecule has 3 fully saturated rings. The van der Waals surface area contributed by atoms with Crippen molar-refractivity contribution in [2.24, 2.45) is 0 Å². The normalized spacial score (nSPS) is 21.4. The second-order valence-corrected chi connectivity index (χ2v) is 14.1. The fourth-order valence-electron chi connectivity index (χ4n) is 6.85. The zero-order valence-corrected chi connectivity index (χ0v) is 25.3. The van der Waals surface area contributed by atoms with E-state index < -0.39 is 9.84 Å². The van der Waals surface area contributed by atoms with Gasteiger partial charge in [-0.05, 0) is 68.9 Å². The highest BCUT2D eigenvalue weighted by atomic mass is 32.2. The first kappa shape index (κ1) is 27.7. The standard InChI is InChI=1S/C31H31N9O4S/c1-45(42,43)27-26(19-12-20-5-6-21(13-19)39(20)31(41)29-34-16-35-38-29)37-30-24(15-36-40(30)28(27)32)18-4-11-25(33-14-18)17-2-7-22(8-3-17)44-23-9-10-23/h2-4,7-8,11,14-16,19-21,23H,5-6,9-10,12-13,32H2,1H3,(H,34,35,38). The number of carbonyl (C=O) groups excluding carboxylic acids is 1. The van der Waals surface area contributed by atoms with E-state index >= 15 is 0 Å². The number of nitrogens with zero attached hydrogens (tertiary/aromatic N) is 7. The van der Waals surface area contributed by atoms with Gasteiger partial charge in [-0.3, -0.25) is 14.9 Å². The number of sulfone groups is 1. The number of pyridine rings is 1. The van der Waals surface area contributed by atoms with Crippen molar-refractivity contribution in [1.29, 1.82) is 0 Å². The molecule has 230 valence electrons. The van der Waals surface area contributed by atoms with E-state index in [1.807, 2.05) is 41.3 Å². The van der Waals surface area contributed by atoms with Gasteiger partial charge in [0.15, 0.2) is 15.5 Å². The molecule has 8 rings (SSSR count). The van der Waals surface area contributed by atoms with Crippen LogP contribution in [0.4, 0.5) is 5.82 Å². The third-order valence-corrected chi connectivity index (χ3v) is 10.2. The number of carbonyl (C=O) groups is 1. The molecule has 1 amide bonds. The molecule has 2 atom stereocenters. The number of amides is 1. The zero-order chi connectivity index (χ0) is 30.9. The highest BCUT2D eigenvalue weighted by Gasteiger charge is 2.46. The number of rotatable bonds is 7. The molecule has 14 heteroatoms. The highest BCUT2D eigenvalue weighted by Crippen LogP contribution is 2.45. The van der Waals surface area contributed by atoms with Gasteiger partial charge in [-0.1, -0.05) is 6.07 Å². The third-order valence-electron chi connectivity index (χ3n) is 9.06. The van der Waals surface area contributed by atoms with Crippen LogP contribution in [0.3, 0.4) is 0 Å². The van der Waals surface area contributed by atoms with Gasteiger partial charge in [-0.25, -0.2) is 18.4 Å². The molecule has 2 unspecified atom stereocenters. The molecule has 3 aliphatic rings. The Balaban J connectivity index is 1.13. The maximum absolute atomic E-state index is 13.2. The maximum Gasteiger partial charge on any atom is 0.291 e. The number of hydrogen-bond donors (Lipinski definition) is 2. The molecular weight excluding hydrogens is 594 g/mol. The number of hydrogen-bond acceptors (Lipinski definition) is 10. The maximum atomic E-state index is 13.2. The molecule has 13 nitrogen and oxygen atoms in total. The van der Waals surface area contributed by atoms with Crippen molar-refractivity contribution in [2.45, 2.75) is 67.5 Å². The van der Waals surface area contributed by atoms with Crippen molar-refractivity contribution in [1.82, 2.24) is 39.7 Å². The minimum absolute atomic E-state index is 0.00774. The van der Waals surface area contributed by atoms with Crippen LogP contribution in [0.25, 0.3) is 28.0 Å². The Morgan fingerprint density at radius 3 is 2.33 bits per heavy atom. The molecule has 3 N–H and O–H groups in total. The number of aromatic nitrogens is 7. The fraction of sp³-hybridized carbons (Fsp3) is 0.355. The summed E-state index contributed by atoms with van der Waals surface area (Å²) in [5.74, 6) is 0.676. The number of fused-ring (bicyclic) bond motifs is 3. The molecule has 0 radical (unpaired) electrons. The monoisotopic (exact) mass is 625 g/mol. The van der Waals surface area contributed by atoms with Gasteiger partial charge in [-0.2, -0.15) is 14.7 Å². The van der Waals surface area contributed by atoms with Crippen LogP contribution in [0.15, 0.2) is 60.0 Å². The number of piperidine rings is 1. The van der Waals surface area contributed by atoms with Gasteiger partial charge in [0.2, 0.25) is 5.82 Å².